The quantitative estimate of drug-likeness (QED) is 0.804. The van der Waals surface area contributed by atoms with Gasteiger partial charge in [0.25, 0.3) is 0 Å². The average molecular weight is 278 g/mol. The molecule has 5 nitrogen and oxygen atoms in total. The summed E-state index contributed by atoms with van der Waals surface area (Å²) in [6, 6.07) is 1.88. The van der Waals surface area contributed by atoms with E-state index >= 15 is 0 Å². The zero-order valence-electron chi connectivity index (χ0n) is 10.6. The third-order valence-electron chi connectivity index (χ3n) is 3.13. The van der Waals surface area contributed by atoms with Gasteiger partial charge in [-0.2, -0.15) is 4.98 Å². The van der Waals surface area contributed by atoms with E-state index in [2.05, 4.69) is 10.1 Å². The summed E-state index contributed by atoms with van der Waals surface area (Å²) in [5.41, 5.74) is 1.04. The van der Waals surface area contributed by atoms with E-state index in [1.165, 1.54) is 11.3 Å². The molecule has 0 N–H and O–H groups in total. The molecule has 6 heteroatoms. The lowest BCUT2D eigenvalue weighted by atomic mass is 10.1. The van der Waals surface area contributed by atoms with Crippen LogP contribution in [0.5, 0.6) is 0 Å². The first-order valence-corrected chi connectivity index (χ1v) is 7.09. The summed E-state index contributed by atoms with van der Waals surface area (Å²) in [6.07, 6.45) is 1.52. The van der Waals surface area contributed by atoms with Crippen LogP contribution in [0.3, 0.4) is 0 Å². The number of ketones is 1. The van der Waals surface area contributed by atoms with E-state index in [4.69, 9.17) is 9.26 Å². The number of carbonyl (C=O) groups is 1. The van der Waals surface area contributed by atoms with Gasteiger partial charge in [0.05, 0.1) is 17.9 Å². The van der Waals surface area contributed by atoms with Crippen molar-refractivity contribution in [2.45, 2.75) is 25.7 Å². The van der Waals surface area contributed by atoms with Gasteiger partial charge in [0, 0.05) is 12.5 Å². The maximum atomic E-state index is 11.2. The number of nitrogens with zero attached hydrogens (tertiary/aromatic N) is 2. The lowest BCUT2D eigenvalue weighted by molar-refractivity contribution is 0.102. The Kier molecular flexibility index (Phi) is 3.44. The Labute approximate surface area is 114 Å². The maximum absolute atomic E-state index is 11.2. The molecule has 2 aromatic rings. The third kappa shape index (κ3) is 2.74. The van der Waals surface area contributed by atoms with Gasteiger partial charge in [-0.15, -0.1) is 11.3 Å². The van der Waals surface area contributed by atoms with Gasteiger partial charge in [-0.3, -0.25) is 4.79 Å². The molecular weight excluding hydrogens is 264 g/mol. The Bertz CT molecular complexity index is 584. The van der Waals surface area contributed by atoms with Gasteiger partial charge in [0.2, 0.25) is 5.89 Å². The fourth-order valence-electron chi connectivity index (χ4n) is 2.07. The summed E-state index contributed by atoms with van der Waals surface area (Å²) in [5, 5.41) is 5.96. The van der Waals surface area contributed by atoms with E-state index in [9.17, 15) is 4.79 Å². The Morgan fingerprint density at radius 3 is 3.16 bits per heavy atom. The molecule has 1 atom stereocenters. The second-order valence-corrected chi connectivity index (χ2v) is 5.57. The van der Waals surface area contributed by atoms with Crippen molar-refractivity contribution < 1.29 is 14.1 Å². The van der Waals surface area contributed by atoms with Gasteiger partial charge in [-0.25, -0.2) is 0 Å². The van der Waals surface area contributed by atoms with Crippen LogP contribution in [0, 0.1) is 0 Å². The largest absolute Gasteiger partial charge is 0.381 e. The maximum Gasteiger partial charge on any atom is 0.231 e. The predicted octanol–water partition coefficient (Wildman–Crippen LogP) is 2.43. The normalized spacial score (nSPS) is 18.9. The lowest BCUT2D eigenvalue weighted by Crippen LogP contribution is -2.00. The minimum absolute atomic E-state index is 0.0885. The smallest absolute Gasteiger partial charge is 0.231 e. The molecule has 3 heterocycles. The lowest BCUT2D eigenvalue weighted by Gasteiger charge is -1.97. The number of rotatable bonds is 4. The summed E-state index contributed by atoms with van der Waals surface area (Å²) < 4.78 is 10.6. The van der Waals surface area contributed by atoms with Crippen molar-refractivity contribution in [2.75, 3.05) is 13.2 Å². The van der Waals surface area contributed by atoms with Gasteiger partial charge in [-0.05, 0) is 30.4 Å². The van der Waals surface area contributed by atoms with Crippen molar-refractivity contribution in [1.82, 2.24) is 10.1 Å². The molecule has 1 aliphatic heterocycles. The van der Waals surface area contributed by atoms with Crippen molar-refractivity contribution in [1.29, 1.82) is 0 Å². The predicted molar refractivity (Wildman–Crippen MR) is 69.6 cm³/mol. The van der Waals surface area contributed by atoms with Gasteiger partial charge in [0.15, 0.2) is 11.6 Å². The van der Waals surface area contributed by atoms with Crippen LogP contribution in [0.25, 0.3) is 0 Å². The second kappa shape index (κ2) is 5.22. The van der Waals surface area contributed by atoms with Crippen LogP contribution in [0.1, 0.15) is 46.2 Å². The fraction of sp³-hybridized carbons (Fsp3) is 0.462. The Hall–Kier alpha value is -1.53. The molecule has 0 spiro atoms. The Balaban J connectivity index is 1.70. The Morgan fingerprint density at radius 1 is 1.58 bits per heavy atom. The summed E-state index contributed by atoms with van der Waals surface area (Å²) in [4.78, 5) is 16.4. The van der Waals surface area contributed by atoms with Crippen LogP contribution >= 0.6 is 11.3 Å². The zero-order chi connectivity index (χ0) is 13.2. The van der Waals surface area contributed by atoms with Crippen molar-refractivity contribution >= 4 is 17.1 Å². The van der Waals surface area contributed by atoms with E-state index in [1.807, 2.05) is 11.4 Å². The fourth-order valence-corrected chi connectivity index (χ4v) is 2.89. The first kappa shape index (κ1) is 12.5. The highest BCUT2D eigenvalue weighted by molar-refractivity contribution is 7.12. The number of hydrogen-bond donors (Lipinski definition) is 0. The molecule has 0 bridgehead atoms. The van der Waals surface area contributed by atoms with Crippen LogP contribution in [0.2, 0.25) is 0 Å². The number of ether oxygens (including phenoxy) is 1. The molecule has 1 saturated heterocycles. The van der Waals surface area contributed by atoms with Crippen molar-refractivity contribution in [3.63, 3.8) is 0 Å². The minimum atomic E-state index is 0.0885. The molecule has 19 heavy (non-hydrogen) atoms. The Morgan fingerprint density at radius 2 is 2.47 bits per heavy atom. The molecule has 0 amide bonds. The summed E-state index contributed by atoms with van der Waals surface area (Å²) in [5.74, 6) is 1.67. The molecular formula is C13H14N2O3S. The van der Waals surface area contributed by atoms with Gasteiger partial charge in [0.1, 0.15) is 0 Å². The number of hydrogen-bond acceptors (Lipinski definition) is 6. The van der Waals surface area contributed by atoms with E-state index in [0.29, 0.717) is 18.9 Å². The molecule has 0 unspecified atom stereocenters. The number of carbonyl (C=O) groups excluding carboxylic acids is 1. The second-order valence-electron chi connectivity index (χ2n) is 4.66. The number of aromatic nitrogens is 2. The number of thiophene rings is 1. The molecule has 100 valence electrons. The molecule has 3 rings (SSSR count). The molecule has 0 aromatic carbocycles. The topological polar surface area (TPSA) is 65.2 Å². The summed E-state index contributed by atoms with van der Waals surface area (Å²) in [6.45, 7) is 3.01. The molecule has 0 radical (unpaired) electrons. The highest BCUT2D eigenvalue weighted by Gasteiger charge is 2.23. The molecule has 0 saturated carbocycles. The highest BCUT2D eigenvalue weighted by atomic mass is 32.1. The van der Waals surface area contributed by atoms with E-state index in [0.717, 1.165) is 29.3 Å². The zero-order valence-corrected chi connectivity index (χ0v) is 11.4. The van der Waals surface area contributed by atoms with Gasteiger partial charge < -0.3 is 9.26 Å². The first-order chi connectivity index (χ1) is 9.22. The molecule has 1 aliphatic rings. The minimum Gasteiger partial charge on any atom is -0.381 e. The summed E-state index contributed by atoms with van der Waals surface area (Å²) in [7, 11) is 0. The molecule has 1 fully saturated rings. The first-order valence-electron chi connectivity index (χ1n) is 6.21. The van der Waals surface area contributed by atoms with Crippen molar-refractivity contribution in [2.24, 2.45) is 0 Å². The van der Waals surface area contributed by atoms with E-state index in [-0.39, 0.29) is 11.7 Å². The van der Waals surface area contributed by atoms with Crippen LogP contribution in [-0.2, 0) is 11.2 Å². The van der Waals surface area contributed by atoms with E-state index < -0.39 is 0 Å². The van der Waals surface area contributed by atoms with Crippen LogP contribution in [0.4, 0.5) is 0 Å². The molecule has 0 aliphatic carbocycles. The average Bonchev–Trinajstić information content (AvgIpc) is 3.09. The summed E-state index contributed by atoms with van der Waals surface area (Å²) >= 11 is 1.45. The van der Waals surface area contributed by atoms with Crippen molar-refractivity contribution in [3.05, 3.63) is 33.6 Å². The standard InChI is InChI=1S/C13H14N2O3S/c1-8(16)11-4-9(7-19-11)5-12-14-13(15-18-12)10-2-3-17-6-10/h4,7,10H,2-3,5-6H2,1H3/t10-/m0/s1. The molecule has 2 aromatic heterocycles. The number of Topliss-reactive ketones (excluding diaryl/α,β-unsaturated/α-hetero) is 1. The third-order valence-corrected chi connectivity index (χ3v) is 4.21. The SMILES string of the molecule is CC(=O)c1cc(Cc2nc([C@H]3CCOC3)no2)cs1. The van der Waals surface area contributed by atoms with Crippen LogP contribution < -0.4 is 0 Å². The van der Waals surface area contributed by atoms with E-state index in [1.54, 1.807) is 6.92 Å². The van der Waals surface area contributed by atoms with Crippen molar-refractivity contribution in [3.8, 4) is 0 Å². The van der Waals surface area contributed by atoms with Crippen LogP contribution in [-0.4, -0.2) is 29.1 Å². The van der Waals surface area contributed by atoms with Gasteiger partial charge in [-0.1, -0.05) is 5.16 Å². The highest BCUT2D eigenvalue weighted by Crippen LogP contribution is 2.23. The van der Waals surface area contributed by atoms with Gasteiger partial charge >= 0.3 is 0 Å². The monoisotopic (exact) mass is 278 g/mol. The van der Waals surface area contributed by atoms with Crippen LogP contribution in [0.15, 0.2) is 16.0 Å².